The summed E-state index contributed by atoms with van der Waals surface area (Å²) in [5.41, 5.74) is 4.00. The Hall–Kier alpha value is -3.27. The first-order valence-corrected chi connectivity index (χ1v) is 8.82. The minimum Gasteiger partial charge on any atom is -0.493 e. The Bertz CT molecular complexity index is 907. The molecule has 0 saturated heterocycles. The number of rotatable bonds is 7. The van der Waals surface area contributed by atoms with Crippen molar-refractivity contribution in [2.75, 3.05) is 19.5 Å². The zero-order valence-corrected chi connectivity index (χ0v) is 15.6. The molecule has 27 heavy (non-hydrogen) atoms. The first-order chi connectivity index (χ1) is 13.2. The second kappa shape index (κ2) is 8.90. The molecule has 0 atom stereocenters. The van der Waals surface area contributed by atoms with Crippen LogP contribution >= 0.6 is 0 Å². The van der Waals surface area contributed by atoms with Crippen molar-refractivity contribution in [1.82, 2.24) is 0 Å². The van der Waals surface area contributed by atoms with Gasteiger partial charge in [-0.2, -0.15) is 0 Å². The van der Waals surface area contributed by atoms with Gasteiger partial charge in [-0.25, -0.2) is 0 Å². The van der Waals surface area contributed by atoms with E-state index < -0.39 is 0 Å². The highest BCUT2D eigenvalue weighted by atomic mass is 16.5. The predicted molar refractivity (Wildman–Crippen MR) is 108 cm³/mol. The molecule has 0 saturated carbocycles. The summed E-state index contributed by atoms with van der Waals surface area (Å²) >= 11 is 0. The Morgan fingerprint density at radius 2 is 1.52 bits per heavy atom. The Morgan fingerprint density at radius 1 is 0.815 bits per heavy atom. The van der Waals surface area contributed by atoms with Crippen LogP contribution in [0, 0.1) is 0 Å². The van der Waals surface area contributed by atoms with Crippen LogP contribution in [0.1, 0.15) is 16.7 Å². The highest BCUT2D eigenvalue weighted by Gasteiger charge is 2.10. The topological polar surface area (TPSA) is 47.6 Å². The molecule has 3 aromatic rings. The van der Waals surface area contributed by atoms with Crippen molar-refractivity contribution in [3.63, 3.8) is 0 Å². The van der Waals surface area contributed by atoms with Gasteiger partial charge in [0.15, 0.2) is 11.5 Å². The van der Waals surface area contributed by atoms with Crippen molar-refractivity contribution in [3.05, 3.63) is 89.5 Å². The average molecular weight is 361 g/mol. The molecule has 3 rings (SSSR count). The van der Waals surface area contributed by atoms with Gasteiger partial charge in [-0.15, -0.1) is 0 Å². The van der Waals surface area contributed by atoms with E-state index >= 15 is 0 Å². The van der Waals surface area contributed by atoms with Gasteiger partial charge in [0.05, 0.1) is 20.6 Å². The van der Waals surface area contributed by atoms with Crippen LogP contribution in [0.2, 0.25) is 0 Å². The maximum absolute atomic E-state index is 12.6. The number of carbonyl (C=O) groups is 1. The molecule has 0 heterocycles. The van der Waals surface area contributed by atoms with E-state index in [1.165, 1.54) is 5.56 Å². The molecule has 1 amide bonds. The van der Waals surface area contributed by atoms with Crippen LogP contribution in [0.25, 0.3) is 0 Å². The molecule has 0 bridgehead atoms. The van der Waals surface area contributed by atoms with Crippen molar-refractivity contribution in [1.29, 1.82) is 0 Å². The normalized spacial score (nSPS) is 10.3. The number of methoxy groups -OCH3 is 2. The summed E-state index contributed by atoms with van der Waals surface area (Å²) < 4.78 is 10.5. The molecule has 4 heteroatoms. The van der Waals surface area contributed by atoms with Gasteiger partial charge < -0.3 is 14.8 Å². The van der Waals surface area contributed by atoms with Gasteiger partial charge in [-0.05, 0) is 41.3 Å². The van der Waals surface area contributed by atoms with Crippen LogP contribution in [0.15, 0.2) is 72.8 Å². The molecule has 0 spiro atoms. The monoisotopic (exact) mass is 361 g/mol. The smallest absolute Gasteiger partial charge is 0.228 e. The highest BCUT2D eigenvalue weighted by Crippen LogP contribution is 2.28. The fraction of sp³-hybridized carbons (Fsp3) is 0.174. The zero-order valence-electron chi connectivity index (χ0n) is 15.6. The van der Waals surface area contributed by atoms with Crippen molar-refractivity contribution < 1.29 is 14.3 Å². The van der Waals surface area contributed by atoms with E-state index in [0.717, 1.165) is 23.2 Å². The zero-order chi connectivity index (χ0) is 19.1. The Balaban J connectivity index is 1.71. The van der Waals surface area contributed by atoms with E-state index in [4.69, 9.17) is 9.47 Å². The molecule has 138 valence electrons. The lowest BCUT2D eigenvalue weighted by Crippen LogP contribution is -2.15. The molecule has 4 nitrogen and oxygen atoms in total. The minimum absolute atomic E-state index is 0.0669. The third-order valence-electron chi connectivity index (χ3n) is 4.34. The number of ether oxygens (including phenoxy) is 2. The van der Waals surface area contributed by atoms with Gasteiger partial charge in [-0.1, -0.05) is 54.6 Å². The van der Waals surface area contributed by atoms with E-state index in [-0.39, 0.29) is 12.3 Å². The van der Waals surface area contributed by atoms with Crippen molar-refractivity contribution in [2.24, 2.45) is 0 Å². The van der Waals surface area contributed by atoms with E-state index in [0.29, 0.717) is 11.5 Å². The molecule has 3 aromatic carbocycles. The number of anilines is 1. The number of amides is 1. The van der Waals surface area contributed by atoms with Gasteiger partial charge in [0, 0.05) is 5.69 Å². The summed E-state index contributed by atoms with van der Waals surface area (Å²) in [4.78, 5) is 12.6. The number of benzene rings is 3. The van der Waals surface area contributed by atoms with Gasteiger partial charge in [0.2, 0.25) is 5.91 Å². The van der Waals surface area contributed by atoms with Crippen LogP contribution in [-0.2, 0) is 17.6 Å². The van der Waals surface area contributed by atoms with Gasteiger partial charge in [-0.3, -0.25) is 4.79 Å². The lowest BCUT2D eigenvalue weighted by molar-refractivity contribution is -0.115. The largest absolute Gasteiger partial charge is 0.493 e. The summed E-state index contributed by atoms with van der Waals surface area (Å²) in [5, 5.41) is 3.03. The Labute approximate surface area is 159 Å². The first kappa shape index (κ1) is 18.5. The van der Waals surface area contributed by atoms with Crippen molar-refractivity contribution >= 4 is 11.6 Å². The summed E-state index contributed by atoms with van der Waals surface area (Å²) in [6.07, 6.45) is 1.04. The third-order valence-corrected chi connectivity index (χ3v) is 4.34. The van der Waals surface area contributed by atoms with Crippen LogP contribution < -0.4 is 14.8 Å². The number of hydrogen-bond donors (Lipinski definition) is 1. The van der Waals surface area contributed by atoms with E-state index in [9.17, 15) is 4.79 Å². The second-order valence-corrected chi connectivity index (χ2v) is 6.23. The molecule has 0 aliphatic heterocycles. The quantitative estimate of drug-likeness (QED) is 0.675. The summed E-state index contributed by atoms with van der Waals surface area (Å²) in [5.74, 6) is 1.20. The number of nitrogens with one attached hydrogen (secondary N) is 1. The summed E-state index contributed by atoms with van der Waals surface area (Å²) in [6.45, 7) is 0. The first-order valence-electron chi connectivity index (χ1n) is 8.82. The Kier molecular flexibility index (Phi) is 6.10. The van der Waals surface area contributed by atoms with Crippen molar-refractivity contribution in [2.45, 2.75) is 12.8 Å². The molecule has 0 radical (unpaired) electrons. The van der Waals surface area contributed by atoms with Crippen LogP contribution in [-0.4, -0.2) is 20.1 Å². The predicted octanol–water partition coefficient (Wildman–Crippen LogP) is 4.48. The van der Waals surface area contributed by atoms with E-state index in [1.54, 1.807) is 14.2 Å². The van der Waals surface area contributed by atoms with Gasteiger partial charge in [0.1, 0.15) is 0 Å². The second-order valence-electron chi connectivity index (χ2n) is 6.23. The standard InChI is InChI=1S/C23H23NO3/c1-26-21-13-12-18(15-22(21)27-2)16-23(25)24-20-11-7-6-10-19(20)14-17-8-4-3-5-9-17/h3-13,15H,14,16H2,1-2H3,(H,24,25). The van der Waals surface area contributed by atoms with Crippen LogP contribution in [0.4, 0.5) is 5.69 Å². The van der Waals surface area contributed by atoms with Crippen molar-refractivity contribution in [3.8, 4) is 11.5 Å². The highest BCUT2D eigenvalue weighted by molar-refractivity contribution is 5.93. The number of hydrogen-bond acceptors (Lipinski definition) is 3. The van der Waals surface area contributed by atoms with E-state index in [1.807, 2.05) is 60.7 Å². The van der Waals surface area contributed by atoms with Gasteiger partial charge in [0.25, 0.3) is 0 Å². The van der Waals surface area contributed by atoms with Crippen LogP contribution in [0.5, 0.6) is 11.5 Å². The summed E-state index contributed by atoms with van der Waals surface area (Å²) in [6, 6.07) is 23.6. The molecule has 0 aliphatic carbocycles. The van der Waals surface area contributed by atoms with Gasteiger partial charge >= 0.3 is 0 Å². The molecule has 0 aromatic heterocycles. The fourth-order valence-electron chi connectivity index (χ4n) is 2.98. The fourth-order valence-corrected chi connectivity index (χ4v) is 2.98. The molecular weight excluding hydrogens is 338 g/mol. The molecule has 1 N–H and O–H groups in total. The molecule has 0 fully saturated rings. The number of carbonyl (C=O) groups excluding carboxylic acids is 1. The maximum atomic E-state index is 12.6. The average Bonchev–Trinajstić information content (AvgIpc) is 2.70. The van der Waals surface area contributed by atoms with Crippen LogP contribution in [0.3, 0.4) is 0 Å². The molecular formula is C23H23NO3. The minimum atomic E-state index is -0.0669. The number of para-hydroxylation sites is 1. The Morgan fingerprint density at radius 3 is 2.26 bits per heavy atom. The van der Waals surface area contributed by atoms with E-state index in [2.05, 4.69) is 17.4 Å². The maximum Gasteiger partial charge on any atom is 0.228 e. The third kappa shape index (κ3) is 4.88. The molecule has 0 aliphatic rings. The lowest BCUT2D eigenvalue weighted by Gasteiger charge is -2.12. The summed E-state index contributed by atoms with van der Waals surface area (Å²) in [7, 11) is 3.18. The SMILES string of the molecule is COc1ccc(CC(=O)Nc2ccccc2Cc2ccccc2)cc1OC. The lowest BCUT2D eigenvalue weighted by atomic mass is 10.0. The molecule has 0 unspecified atom stereocenters.